The molecule has 0 spiro atoms. The van der Waals surface area contributed by atoms with Crippen LogP contribution in [0.25, 0.3) is 55.3 Å². The molecule has 0 radical (unpaired) electrons. The van der Waals surface area contributed by atoms with E-state index in [0.717, 1.165) is 6.42 Å². The van der Waals surface area contributed by atoms with E-state index in [0.29, 0.717) is 5.92 Å². The second kappa shape index (κ2) is 12.5. The average molecular weight is 697 g/mol. The summed E-state index contributed by atoms with van der Waals surface area (Å²) in [6.45, 7) is 9.00. The summed E-state index contributed by atoms with van der Waals surface area (Å²) in [5.41, 5.74) is 17.4. The standard InChI is InChI=1S/C52H44N2/c1-34-13-19-37(20-14-34)41-29-42(38-21-15-35(2)16-22-38)31-44(30-41)53-49-11-7-5-9-45(49)47-32-39(23-26-50(47)53)40-27-28-52(4)48(33-40)46-10-6-8-12-51(46)54(52)43-24-17-36(3)18-25-43/h5-17,19-33,36,48H,18H2,1-4H3. The molecule has 3 atom stereocenters. The van der Waals surface area contributed by atoms with Gasteiger partial charge in [0.2, 0.25) is 0 Å². The van der Waals surface area contributed by atoms with Crippen LogP contribution in [0.5, 0.6) is 0 Å². The summed E-state index contributed by atoms with van der Waals surface area (Å²) in [5, 5.41) is 2.53. The summed E-state index contributed by atoms with van der Waals surface area (Å²) in [6.07, 6.45) is 15.5. The predicted octanol–water partition coefficient (Wildman–Crippen LogP) is 13.5. The molecule has 262 valence electrons. The Bertz CT molecular complexity index is 2670. The quantitative estimate of drug-likeness (QED) is 0.174. The lowest BCUT2D eigenvalue weighted by molar-refractivity contribution is 0.529. The minimum Gasteiger partial charge on any atom is -0.331 e. The summed E-state index contributed by atoms with van der Waals surface area (Å²) in [7, 11) is 0. The van der Waals surface area contributed by atoms with Gasteiger partial charge < -0.3 is 9.47 Å². The largest absolute Gasteiger partial charge is 0.331 e. The Morgan fingerprint density at radius 2 is 1.26 bits per heavy atom. The maximum Gasteiger partial charge on any atom is 0.0712 e. The normalized spacial score (nSPS) is 20.3. The van der Waals surface area contributed by atoms with Crippen molar-refractivity contribution in [2.24, 2.45) is 5.92 Å². The minimum absolute atomic E-state index is 0.179. The van der Waals surface area contributed by atoms with Gasteiger partial charge in [-0.1, -0.05) is 139 Å². The molecule has 2 heteroatoms. The zero-order valence-electron chi connectivity index (χ0n) is 31.4. The molecule has 3 aliphatic rings. The van der Waals surface area contributed by atoms with Gasteiger partial charge in [0.1, 0.15) is 0 Å². The molecule has 0 fully saturated rings. The van der Waals surface area contributed by atoms with Gasteiger partial charge in [0.15, 0.2) is 0 Å². The number of nitrogens with zero attached hydrogens (tertiary/aromatic N) is 2. The van der Waals surface area contributed by atoms with Gasteiger partial charge >= 0.3 is 0 Å². The van der Waals surface area contributed by atoms with Gasteiger partial charge in [-0.15, -0.1) is 0 Å². The highest BCUT2D eigenvalue weighted by Crippen LogP contribution is 2.54. The number of aromatic nitrogens is 1. The van der Waals surface area contributed by atoms with Crippen molar-refractivity contribution in [3.63, 3.8) is 0 Å². The maximum atomic E-state index is 2.57. The van der Waals surface area contributed by atoms with Crippen LogP contribution in [-0.2, 0) is 0 Å². The Kier molecular flexibility index (Phi) is 7.52. The molecule has 2 heterocycles. The third-order valence-corrected chi connectivity index (χ3v) is 12.1. The first-order valence-corrected chi connectivity index (χ1v) is 19.4. The lowest BCUT2D eigenvalue weighted by Crippen LogP contribution is -2.44. The molecule has 1 aromatic heterocycles. The maximum absolute atomic E-state index is 2.57. The molecule has 7 aromatic rings. The first kappa shape index (κ1) is 32.5. The van der Waals surface area contributed by atoms with Crippen molar-refractivity contribution in [2.45, 2.75) is 45.6 Å². The first-order valence-electron chi connectivity index (χ1n) is 19.4. The fourth-order valence-electron chi connectivity index (χ4n) is 9.09. The van der Waals surface area contributed by atoms with E-state index in [1.807, 2.05) is 0 Å². The van der Waals surface area contributed by atoms with Crippen LogP contribution in [0.3, 0.4) is 0 Å². The van der Waals surface area contributed by atoms with Gasteiger partial charge in [-0.25, -0.2) is 0 Å². The van der Waals surface area contributed by atoms with Crippen LogP contribution in [0.2, 0.25) is 0 Å². The second-order valence-corrected chi connectivity index (χ2v) is 15.8. The molecule has 0 N–H and O–H groups in total. The lowest BCUT2D eigenvalue weighted by Gasteiger charge is -2.41. The van der Waals surface area contributed by atoms with Crippen LogP contribution < -0.4 is 4.90 Å². The van der Waals surface area contributed by atoms with E-state index >= 15 is 0 Å². The number of hydrogen-bond donors (Lipinski definition) is 0. The molecule has 2 aliphatic carbocycles. The van der Waals surface area contributed by atoms with Crippen LogP contribution in [0.1, 0.15) is 48.4 Å². The molecule has 0 saturated heterocycles. The fraction of sp³-hybridized carbons (Fsp3) is 0.154. The van der Waals surface area contributed by atoms with Crippen LogP contribution >= 0.6 is 0 Å². The smallest absolute Gasteiger partial charge is 0.0712 e. The highest BCUT2D eigenvalue weighted by atomic mass is 15.2. The van der Waals surface area contributed by atoms with E-state index in [2.05, 4.69) is 207 Å². The van der Waals surface area contributed by atoms with Crippen LogP contribution in [-0.4, -0.2) is 10.1 Å². The summed E-state index contributed by atoms with van der Waals surface area (Å²) in [6, 6.07) is 49.8. The number of benzene rings is 6. The SMILES string of the molecule is Cc1ccc(-c2cc(-c3ccc(C)cc3)cc(-n3c4ccccc4c4cc(C5=CC6c7ccccc7N(C7=CCC(C)C=C7)C6(C)C=C5)ccc43)c2)cc1. The van der Waals surface area contributed by atoms with Crippen LogP contribution in [0.4, 0.5) is 5.69 Å². The van der Waals surface area contributed by atoms with E-state index < -0.39 is 0 Å². The molecule has 2 nitrogen and oxygen atoms in total. The van der Waals surface area contributed by atoms with Gasteiger partial charge in [-0.3, -0.25) is 0 Å². The minimum atomic E-state index is -0.179. The fourth-order valence-corrected chi connectivity index (χ4v) is 9.09. The van der Waals surface area contributed by atoms with Crippen molar-refractivity contribution in [3.05, 3.63) is 198 Å². The molecular weight excluding hydrogens is 653 g/mol. The zero-order chi connectivity index (χ0) is 36.6. The van der Waals surface area contributed by atoms with Gasteiger partial charge in [0, 0.05) is 33.8 Å². The van der Waals surface area contributed by atoms with Crippen molar-refractivity contribution in [3.8, 4) is 27.9 Å². The monoisotopic (exact) mass is 696 g/mol. The Morgan fingerprint density at radius 3 is 1.96 bits per heavy atom. The van der Waals surface area contributed by atoms with Gasteiger partial charge in [0.05, 0.1) is 16.6 Å². The van der Waals surface area contributed by atoms with Crippen molar-refractivity contribution in [1.29, 1.82) is 0 Å². The van der Waals surface area contributed by atoms with Gasteiger partial charge in [-0.2, -0.15) is 0 Å². The Labute approximate surface area is 318 Å². The van der Waals surface area contributed by atoms with E-state index in [4.69, 9.17) is 0 Å². The van der Waals surface area contributed by atoms with E-state index in [1.165, 1.54) is 89.0 Å². The average Bonchev–Trinajstić information content (AvgIpc) is 3.67. The molecule has 0 saturated carbocycles. The summed E-state index contributed by atoms with van der Waals surface area (Å²) >= 11 is 0. The van der Waals surface area contributed by atoms with Crippen LogP contribution in [0.15, 0.2) is 176 Å². The van der Waals surface area contributed by atoms with Crippen molar-refractivity contribution in [2.75, 3.05) is 4.90 Å². The van der Waals surface area contributed by atoms with Crippen LogP contribution in [0, 0.1) is 19.8 Å². The van der Waals surface area contributed by atoms with E-state index in [1.54, 1.807) is 0 Å². The predicted molar refractivity (Wildman–Crippen MR) is 229 cm³/mol. The number of para-hydroxylation sites is 2. The molecule has 10 rings (SSSR count). The number of fused-ring (bicyclic) bond motifs is 6. The Hall–Kier alpha value is -6.12. The summed E-state index contributed by atoms with van der Waals surface area (Å²) in [4.78, 5) is 2.57. The van der Waals surface area contributed by atoms with Crippen molar-refractivity contribution >= 4 is 33.1 Å². The Balaban J connectivity index is 1.11. The molecule has 1 aliphatic heterocycles. The highest BCUT2D eigenvalue weighted by molar-refractivity contribution is 6.10. The van der Waals surface area contributed by atoms with Gasteiger partial charge in [0.25, 0.3) is 0 Å². The lowest BCUT2D eigenvalue weighted by atomic mass is 9.77. The number of anilines is 1. The Morgan fingerprint density at radius 1 is 0.611 bits per heavy atom. The topological polar surface area (TPSA) is 8.17 Å². The zero-order valence-corrected chi connectivity index (χ0v) is 31.4. The number of aryl methyl sites for hydroxylation is 2. The third kappa shape index (κ3) is 5.23. The molecule has 0 bridgehead atoms. The highest BCUT2D eigenvalue weighted by Gasteiger charge is 2.48. The third-order valence-electron chi connectivity index (χ3n) is 12.1. The van der Waals surface area contributed by atoms with Crippen molar-refractivity contribution < 1.29 is 0 Å². The molecule has 0 amide bonds. The molecule has 3 unspecified atom stereocenters. The molecular formula is C52H44N2. The van der Waals surface area contributed by atoms with Crippen molar-refractivity contribution in [1.82, 2.24) is 4.57 Å². The molecule has 6 aromatic carbocycles. The van der Waals surface area contributed by atoms with Gasteiger partial charge in [-0.05, 0) is 121 Å². The molecule has 54 heavy (non-hydrogen) atoms. The van der Waals surface area contributed by atoms with E-state index in [9.17, 15) is 0 Å². The number of hydrogen-bond acceptors (Lipinski definition) is 1. The number of rotatable bonds is 5. The summed E-state index contributed by atoms with van der Waals surface area (Å²) < 4.78 is 2.46. The van der Waals surface area contributed by atoms with E-state index in [-0.39, 0.29) is 11.5 Å². The second-order valence-electron chi connectivity index (χ2n) is 15.8. The summed E-state index contributed by atoms with van der Waals surface area (Å²) in [5.74, 6) is 0.820. The first-order chi connectivity index (χ1) is 26.3. The number of allylic oxidation sites excluding steroid dienone is 5.